The number of nitrogens with zero attached hydrogens (tertiary/aromatic N) is 2. The van der Waals surface area contributed by atoms with Crippen molar-refractivity contribution in [3.63, 3.8) is 0 Å². The second-order valence-electron chi connectivity index (χ2n) is 10.9. The zero-order chi connectivity index (χ0) is 30.6. The lowest BCUT2D eigenvalue weighted by molar-refractivity contribution is 0.0342. The first kappa shape index (κ1) is 28.9. The molecular weight excluding hydrogens is 556 g/mol. The van der Waals surface area contributed by atoms with Crippen LogP contribution in [0.2, 0.25) is 0 Å². The summed E-state index contributed by atoms with van der Waals surface area (Å²) in [6.45, 7) is 4.47. The van der Waals surface area contributed by atoms with Crippen LogP contribution in [0.3, 0.4) is 0 Å². The number of carbonyl (C=O) groups excluding carboxylic acids is 2. The second kappa shape index (κ2) is 12.6. The Morgan fingerprint density at radius 3 is 2.36 bits per heavy atom. The normalized spacial score (nSPS) is 13.6. The van der Waals surface area contributed by atoms with Crippen LogP contribution in [0, 0.1) is 0 Å². The van der Waals surface area contributed by atoms with Gasteiger partial charge in [-0.15, -0.1) is 0 Å². The predicted octanol–water partition coefficient (Wildman–Crippen LogP) is 4.13. The standard InChI is InChI=1S/C34H34N6O4/c1-39-21-27(24-10-8-23(9-11-24)20-40-14-16-44-17-15-40)26-18-30(37-31(26)34(39)43)33(42)36-19-22-6-12-25(13-7-22)32(41)38-29-5-3-2-4-28(29)35/h2-13,18,21,37H,14-17,19-20,35H2,1H3,(H,36,42)(H,38,41). The number of nitrogens with two attached hydrogens (primary N) is 1. The number of morpholine rings is 1. The smallest absolute Gasteiger partial charge is 0.274 e. The Morgan fingerprint density at radius 2 is 1.64 bits per heavy atom. The molecule has 2 aromatic heterocycles. The first-order valence-electron chi connectivity index (χ1n) is 14.5. The fourth-order valence-electron chi connectivity index (χ4n) is 5.35. The van der Waals surface area contributed by atoms with Crippen LogP contribution in [0.25, 0.3) is 22.0 Å². The number of para-hydroxylation sites is 2. The summed E-state index contributed by atoms with van der Waals surface area (Å²) in [7, 11) is 1.71. The number of carbonyl (C=O) groups is 2. The van der Waals surface area contributed by atoms with E-state index in [1.807, 2.05) is 0 Å². The third-order valence-corrected chi connectivity index (χ3v) is 7.86. The number of rotatable bonds is 8. The maximum Gasteiger partial charge on any atom is 0.274 e. The maximum absolute atomic E-state index is 13.1. The number of fused-ring (bicyclic) bond motifs is 1. The van der Waals surface area contributed by atoms with Crippen molar-refractivity contribution in [1.82, 2.24) is 19.8 Å². The molecule has 0 bridgehead atoms. The molecule has 44 heavy (non-hydrogen) atoms. The minimum Gasteiger partial charge on any atom is -0.397 e. The number of pyridine rings is 1. The monoisotopic (exact) mass is 590 g/mol. The number of nitrogens with one attached hydrogen (secondary N) is 3. The number of aromatic nitrogens is 2. The number of aromatic amines is 1. The van der Waals surface area contributed by atoms with Crippen LogP contribution in [0.15, 0.2) is 89.9 Å². The molecule has 0 spiro atoms. The van der Waals surface area contributed by atoms with Gasteiger partial charge in [0.25, 0.3) is 17.4 Å². The number of nitrogen functional groups attached to an aromatic ring is 1. The summed E-state index contributed by atoms with van der Waals surface area (Å²) in [5.41, 5.74) is 11.7. The maximum atomic E-state index is 13.1. The van der Waals surface area contributed by atoms with Gasteiger partial charge in [-0.05, 0) is 47.0 Å². The van der Waals surface area contributed by atoms with Crippen LogP contribution in [0.1, 0.15) is 32.0 Å². The number of ether oxygens (including phenoxy) is 1. The number of aryl methyl sites for hydroxylation is 1. The van der Waals surface area contributed by atoms with E-state index in [2.05, 4.69) is 44.8 Å². The van der Waals surface area contributed by atoms with Crippen LogP contribution in [-0.4, -0.2) is 52.6 Å². The summed E-state index contributed by atoms with van der Waals surface area (Å²) < 4.78 is 6.98. The molecule has 5 aromatic rings. The molecule has 1 aliphatic heterocycles. The molecule has 5 N–H and O–H groups in total. The van der Waals surface area contributed by atoms with E-state index >= 15 is 0 Å². The Balaban J connectivity index is 1.14. The topological polar surface area (TPSA) is 134 Å². The van der Waals surface area contributed by atoms with Gasteiger partial charge in [-0.2, -0.15) is 0 Å². The van der Waals surface area contributed by atoms with Gasteiger partial charge in [-0.3, -0.25) is 19.3 Å². The van der Waals surface area contributed by atoms with Crippen LogP contribution in [-0.2, 0) is 24.9 Å². The first-order chi connectivity index (χ1) is 21.4. The lowest BCUT2D eigenvalue weighted by Crippen LogP contribution is -2.35. The molecule has 224 valence electrons. The average Bonchev–Trinajstić information content (AvgIpc) is 3.50. The molecule has 0 atom stereocenters. The van der Waals surface area contributed by atoms with Crippen LogP contribution in [0.5, 0.6) is 0 Å². The van der Waals surface area contributed by atoms with E-state index in [4.69, 9.17) is 10.5 Å². The summed E-state index contributed by atoms with van der Waals surface area (Å²) in [4.78, 5) is 44.1. The van der Waals surface area contributed by atoms with Crippen molar-refractivity contribution in [3.05, 3.63) is 118 Å². The molecule has 10 heteroatoms. The Morgan fingerprint density at radius 1 is 0.932 bits per heavy atom. The van der Waals surface area contributed by atoms with Crippen molar-refractivity contribution < 1.29 is 14.3 Å². The molecule has 0 saturated carbocycles. The van der Waals surface area contributed by atoms with E-state index in [9.17, 15) is 14.4 Å². The third kappa shape index (κ3) is 6.26. The average molecular weight is 591 g/mol. The summed E-state index contributed by atoms with van der Waals surface area (Å²) in [5.74, 6) is -0.614. The Labute approximate surface area is 254 Å². The molecule has 0 unspecified atom stereocenters. The van der Waals surface area contributed by atoms with Crippen LogP contribution in [0.4, 0.5) is 11.4 Å². The molecule has 0 aliphatic carbocycles. The highest BCUT2D eigenvalue weighted by atomic mass is 16.5. The summed E-state index contributed by atoms with van der Waals surface area (Å²) in [5, 5.41) is 6.39. The van der Waals surface area contributed by atoms with E-state index in [1.54, 1.807) is 67.8 Å². The quantitative estimate of drug-likeness (QED) is 0.201. The van der Waals surface area contributed by atoms with Gasteiger partial charge >= 0.3 is 0 Å². The third-order valence-electron chi connectivity index (χ3n) is 7.86. The zero-order valence-corrected chi connectivity index (χ0v) is 24.4. The molecule has 1 fully saturated rings. The van der Waals surface area contributed by atoms with Crippen molar-refractivity contribution in [2.24, 2.45) is 7.05 Å². The highest BCUT2D eigenvalue weighted by Crippen LogP contribution is 2.28. The number of benzene rings is 3. The summed E-state index contributed by atoms with van der Waals surface area (Å²) in [6.07, 6.45) is 1.81. The number of anilines is 2. The van der Waals surface area contributed by atoms with Gasteiger partial charge in [0.1, 0.15) is 11.2 Å². The number of hydrogen-bond acceptors (Lipinski definition) is 6. The van der Waals surface area contributed by atoms with Crippen molar-refractivity contribution in [2.75, 3.05) is 37.4 Å². The van der Waals surface area contributed by atoms with Gasteiger partial charge in [0.2, 0.25) is 0 Å². The molecule has 2 amide bonds. The minimum absolute atomic E-state index is 0.210. The molecule has 3 aromatic carbocycles. The van der Waals surface area contributed by atoms with Crippen LogP contribution >= 0.6 is 0 Å². The molecule has 1 aliphatic rings. The van der Waals surface area contributed by atoms with E-state index < -0.39 is 0 Å². The molecule has 1 saturated heterocycles. The van der Waals surface area contributed by atoms with Crippen molar-refractivity contribution in [2.45, 2.75) is 13.1 Å². The van der Waals surface area contributed by atoms with Crippen molar-refractivity contribution >= 4 is 34.1 Å². The number of H-pyrrole nitrogens is 1. The van der Waals surface area contributed by atoms with Gasteiger partial charge in [0, 0.05) is 55.9 Å². The molecular formula is C34H34N6O4. The zero-order valence-electron chi connectivity index (χ0n) is 24.4. The van der Waals surface area contributed by atoms with Gasteiger partial charge in [0.15, 0.2) is 0 Å². The van der Waals surface area contributed by atoms with E-state index in [-0.39, 0.29) is 23.9 Å². The lowest BCUT2D eigenvalue weighted by atomic mass is 10.0. The summed E-state index contributed by atoms with van der Waals surface area (Å²) in [6, 6.07) is 24.1. The lowest BCUT2D eigenvalue weighted by Gasteiger charge is -2.26. The van der Waals surface area contributed by atoms with Gasteiger partial charge in [-0.1, -0.05) is 48.5 Å². The van der Waals surface area contributed by atoms with E-state index in [0.717, 1.165) is 49.5 Å². The number of hydrogen-bond donors (Lipinski definition) is 4. The minimum atomic E-state index is -0.337. The van der Waals surface area contributed by atoms with Gasteiger partial charge < -0.3 is 30.7 Å². The fourth-order valence-corrected chi connectivity index (χ4v) is 5.35. The Bertz CT molecular complexity index is 1870. The predicted molar refractivity (Wildman–Crippen MR) is 171 cm³/mol. The highest BCUT2D eigenvalue weighted by Gasteiger charge is 2.17. The molecule has 3 heterocycles. The molecule has 6 rings (SSSR count). The summed E-state index contributed by atoms with van der Waals surface area (Å²) >= 11 is 0. The Hall–Kier alpha value is -5.19. The van der Waals surface area contributed by atoms with Crippen LogP contribution < -0.4 is 21.9 Å². The first-order valence-corrected chi connectivity index (χ1v) is 14.5. The number of amides is 2. The largest absolute Gasteiger partial charge is 0.397 e. The second-order valence-corrected chi connectivity index (χ2v) is 10.9. The highest BCUT2D eigenvalue weighted by molar-refractivity contribution is 6.06. The van der Waals surface area contributed by atoms with Gasteiger partial charge in [0.05, 0.1) is 24.6 Å². The molecule has 10 nitrogen and oxygen atoms in total. The van der Waals surface area contributed by atoms with Gasteiger partial charge in [-0.25, -0.2) is 0 Å². The molecule has 0 radical (unpaired) electrons. The SMILES string of the molecule is Cn1cc(-c2ccc(CN3CCOCC3)cc2)c2cc(C(=O)NCc3ccc(C(=O)Nc4ccccc4N)cc3)[nH]c2c1=O. The Kier molecular flexibility index (Phi) is 8.27. The fraction of sp³-hybridized carbons (Fsp3) is 0.206. The van der Waals surface area contributed by atoms with Crippen molar-refractivity contribution in [3.8, 4) is 11.1 Å². The van der Waals surface area contributed by atoms with Crippen molar-refractivity contribution in [1.29, 1.82) is 0 Å². The van der Waals surface area contributed by atoms with E-state index in [0.29, 0.717) is 33.5 Å². The van der Waals surface area contributed by atoms with E-state index in [1.165, 1.54) is 10.1 Å².